The van der Waals surface area contributed by atoms with Crippen LogP contribution in [0.4, 0.5) is 4.79 Å². The lowest BCUT2D eigenvalue weighted by molar-refractivity contribution is 0.0120. The Bertz CT molecular complexity index is 668. The number of aromatic nitrogens is 2. The van der Waals surface area contributed by atoms with E-state index in [4.69, 9.17) is 9.26 Å². The maximum Gasteiger partial charge on any atom is 0.315 e. The van der Waals surface area contributed by atoms with Crippen molar-refractivity contribution in [1.82, 2.24) is 20.8 Å². The van der Waals surface area contributed by atoms with Gasteiger partial charge in [-0.15, -0.1) is 0 Å². The zero-order chi connectivity index (χ0) is 17.5. The van der Waals surface area contributed by atoms with Crippen LogP contribution in [0.15, 0.2) is 34.9 Å². The van der Waals surface area contributed by atoms with Crippen molar-refractivity contribution in [1.29, 1.82) is 0 Å². The molecule has 1 saturated heterocycles. The molecule has 2 atom stereocenters. The van der Waals surface area contributed by atoms with E-state index in [1.54, 1.807) is 0 Å². The van der Waals surface area contributed by atoms with Crippen LogP contribution in [0.25, 0.3) is 11.5 Å². The van der Waals surface area contributed by atoms with Gasteiger partial charge in [-0.2, -0.15) is 4.98 Å². The highest BCUT2D eigenvalue weighted by atomic mass is 16.5. The first kappa shape index (κ1) is 17.4. The van der Waals surface area contributed by atoms with Gasteiger partial charge in [-0.05, 0) is 44.7 Å². The molecule has 1 aliphatic rings. The van der Waals surface area contributed by atoms with Gasteiger partial charge < -0.3 is 19.9 Å². The summed E-state index contributed by atoms with van der Waals surface area (Å²) in [5.74, 6) is 0.892. The van der Waals surface area contributed by atoms with E-state index >= 15 is 0 Å². The molecule has 25 heavy (non-hydrogen) atoms. The molecule has 1 aromatic heterocycles. The summed E-state index contributed by atoms with van der Waals surface area (Å²) >= 11 is 0. The second-order valence-corrected chi connectivity index (χ2v) is 6.22. The Morgan fingerprint density at radius 3 is 2.92 bits per heavy atom. The molecule has 3 rings (SSSR count). The Labute approximate surface area is 147 Å². The van der Waals surface area contributed by atoms with Crippen molar-refractivity contribution >= 4 is 6.03 Å². The monoisotopic (exact) mass is 344 g/mol. The molecule has 0 aliphatic carbocycles. The third-order valence-corrected chi connectivity index (χ3v) is 4.22. The molecule has 2 heterocycles. The van der Waals surface area contributed by atoms with Crippen LogP contribution < -0.4 is 10.6 Å². The summed E-state index contributed by atoms with van der Waals surface area (Å²) in [5, 5.41) is 9.63. The first-order valence-electron chi connectivity index (χ1n) is 8.77. The minimum absolute atomic E-state index is 0.241. The standard InChI is InChI=1S/C18H24N4O3/c1-13(16-21-17(25-22-16)14-7-3-2-4-8-14)20-18(23)19-11-10-15-9-5-6-12-24-15/h2-4,7-8,13,15H,5-6,9-12H2,1H3,(H2,19,20,23)/t13-,15+/m0/s1. The first-order chi connectivity index (χ1) is 12.2. The van der Waals surface area contributed by atoms with Gasteiger partial charge in [-0.1, -0.05) is 23.4 Å². The van der Waals surface area contributed by atoms with Gasteiger partial charge in [0.2, 0.25) is 0 Å². The number of amides is 2. The summed E-state index contributed by atoms with van der Waals surface area (Å²) < 4.78 is 10.9. The van der Waals surface area contributed by atoms with Gasteiger partial charge in [0.15, 0.2) is 5.82 Å². The molecule has 0 saturated carbocycles. The summed E-state index contributed by atoms with van der Waals surface area (Å²) in [6.45, 7) is 3.24. The summed E-state index contributed by atoms with van der Waals surface area (Å²) in [7, 11) is 0. The minimum Gasteiger partial charge on any atom is -0.378 e. The van der Waals surface area contributed by atoms with Crippen molar-refractivity contribution in [2.75, 3.05) is 13.2 Å². The van der Waals surface area contributed by atoms with E-state index < -0.39 is 0 Å². The molecule has 1 aromatic carbocycles. The fraction of sp³-hybridized carbons (Fsp3) is 0.500. The summed E-state index contributed by atoms with van der Waals surface area (Å²) in [5.41, 5.74) is 0.852. The molecule has 0 spiro atoms. The van der Waals surface area contributed by atoms with Crippen LogP contribution in [0.3, 0.4) is 0 Å². The topological polar surface area (TPSA) is 89.3 Å². The van der Waals surface area contributed by atoms with Crippen molar-refractivity contribution < 1.29 is 14.1 Å². The third kappa shape index (κ3) is 5.03. The van der Waals surface area contributed by atoms with Gasteiger partial charge in [0.1, 0.15) is 0 Å². The van der Waals surface area contributed by atoms with E-state index in [9.17, 15) is 4.79 Å². The van der Waals surface area contributed by atoms with Crippen LogP contribution in [-0.2, 0) is 4.74 Å². The predicted molar refractivity (Wildman–Crippen MR) is 92.9 cm³/mol. The van der Waals surface area contributed by atoms with Crippen molar-refractivity contribution in [2.24, 2.45) is 0 Å². The summed E-state index contributed by atoms with van der Waals surface area (Å²) in [4.78, 5) is 16.3. The van der Waals surface area contributed by atoms with Crippen molar-refractivity contribution in [3.63, 3.8) is 0 Å². The number of urea groups is 1. The molecule has 2 amide bonds. The molecule has 134 valence electrons. The zero-order valence-electron chi connectivity index (χ0n) is 14.4. The normalized spacial score (nSPS) is 18.5. The van der Waals surface area contributed by atoms with E-state index in [0.717, 1.165) is 31.4 Å². The minimum atomic E-state index is -0.341. The number of hydrogen-bond acceptors (Lipinski definition) is 5. The second kappa shape index (κ2) is 8.62. The Morgan fingerprint density at radius 2 is 2.16 bits per heavy atom. The maximum atomic E-state index is 12.0. The zero-order valence-corrected chi connectivity index (χ0v) is 14.4. The number of rotatable bonds is 6. The Morgan fingerprint density at radius 1 is 1.32 bits per heavy atom. The highest BCUT2D eigenvalue weighted by Crippen LogP contribution is 2.18. The predicted octanol–water partition coefficient (Wildman–Crippen LogP) is 3.06. The Hall–Kier alpha value is -2.41. The molecular weight excluding hydrogens is 320 g/mol. The van der Waals surface area contributed by atoms with Crippen LogP contribution in [0.1, 0.15) is 44.5 Å². The Kier molecular flexibility index (Phi) is 6.00. The van der Waals surface area contributed by atoms with Crippen LogP contribution in [-0.4, -0.2) is 35.4 Å². The molecule has 2 aromatic rings. The van der Waals surface area contributed by atoms with E-state index in [1.807, 2.05) is 37.3 Å². The van der Waals surface area contributed by atoms with Gasteiger partial charge >= 0.3 is 6.03 Å². The van der Waals surface area contributed by atoms with E-state index in [2.05, 4.69) is 20.8 Å². The number of carbonyl (C=O) groups is 1. The smallest absolute Gasteiger partial charge is 0.315 e. The molecular formula is C18H24N4O3. The lowest BCUT2D eigenvalue weighted by Gasteiger charge is -2.22. The highest BCUT2D eigenvalue weighted by Gasteiger charge is 2.17. The molecule has 7 nitrogen and oxygen atoms in total. The lowest BCUT2D eigenvalue weighted by Crippen LogP contribution is -2.39. The number of hydrogen-bond donors (Lipinski definition) is 2. The summed E-state index contributed by atoms with van der Waals surface area (Å²) in [6.07, 6.45) is 4.51. The maximum absolute atomic E-state index is 12.0. The number of nitrogens with one attached hydrogen (secondary N) is 2. The fourth-order valence-electron chi connectivity index (χ4n) is 2.80. The fourth-order valence-corrected chi connectivity index (χ4v) is 2.80. The molecule has 7 heteroatoms. The van der Waals surface area contributed by atoms with Crippen LogP contribution in [0.2, 0.25) is 0 Å². The average molecular weight is 344 g/mol. The number of benzene rings is 1. The lowest BCUT2D eigenvalue weighted by atomic mass is 10.1. The number of carbonyl (C=O) groups excluding carboxylic acids is 1. The molecule has 2 N–H and O–H groups in total. The van der Waals surface area contributed by atoms with Gasteiger partial charge in [0.25, 0.3) is 5.89 Å². The molecule has 0 bridgehead atoms. The second-order valence-electron chi connectivity index (χ2n) is 6.22. The molecule has 0 unspecified atom stereocenters. The van der Waals surface area contributed by atoms with Gasteiger partial charge in [-0.25, -0.2) is 4.79 Å². The number of nitrogens with zero attached hydrogens (tertiary/aromatic N) is 2. The quantitative estimate of drug-likeness (QED) is 0.841. The number of ether oxygens (including phenoxy) is 1. The molecule has 0 radical (unpaired) electrons. The van der Waals surface area contributed by atoms with E-state index in [0.29, 0.717) is 18.3 Å². The first-order valence-corrected chi connectivity index (χ1v) is 8.77. The van der Waals surface area contributed by atoms with E-state index in [1.165, 1.54) is 6.42 Å². The van der Waals surface area contributed by atoms with Crippen molar-refractivity contribution in [3.05, 3.63) is 36.2 Å². The van der Waals surface area contributed by atoms with Gasteiger partial charge in [0.05, 0.1) is 12.1 Å². The highest BCUT2D eigenvalue weighted by molar-refractivity contribution is 5.74. The molecule has 1 aliphatic heterocycles. The Balaban J connectivity index is 1.44. The van der Waals surface area contributed by atoms with Crippen LogP contribution in [0, 0.1) is 0 Å². The summed E-state index contributed by atoms with van der Waals surface area (Å²) in [6, 6.07) is 8.95. The SMILES string of the molecule is C[C@H](NC(=O)NCC[C@H]1CCCCO1)c1noc(-c2ccccc2)n1. The van der Waals surface area contributed by atoms with Gasteiger partial charge in [0, 0.05) is 18.7 Å². The van der Waals surface area contributed by atoms with Crippen molar-refractivity contribution in [3.8, 4) is 11.5 Å². The average Bonchev–Trinajstić information content (AvgIpc) is 3.14. The largest absolute Gasteiger partial charge is 0.378 e. The molecule has 1 fully saturated rings. The van der Waals surface area contributed by atoms with Gasteiger partial charge in [-0.3, -0.25) is 0 Å². The third-order valence-electron chi connectivity index (χ3n) is 4.22. The van der Waals surface area contributed by atoms with E-state index in [-0.39, 0.29) is 18.2 Å². The van der Waals surface area contributed by atoms with Crippen LogP contribution in [0.5, 0.6) is 0 Å². The van der Waals surface area contributed by atoms with Crippen LogP contribution >= 0.6 is 0 Å². The van der Waals surface area contributed by atoms with Crippen molar-refractivity contribution in [2.45, 2.75) is 44.8 Å².